The minimum absolute atomic E-state index is 0.524. The Hall–Kier alpha value is -1.89. The van der Waals surface area contributed by atoms with E-state index in [9.17, 15) is 0 Å². The Labute approximate surface area is 154 Å². The largest absolute Gasteiger partial charge is 0.356 e. The summed E-state index contributed by atoms with van der Waals surface area (Å²) in [6.07, 6.45) is 3.37. The van der Waals surface area contributed by atoms with Gasteiger partial charge in [0, 0.05) is 25.0 Å². The van der Waals surface area contributed by atoms with Gasteiger partial charge in [0.25, 0.3) is 0 Å². The van der Waals surface area contributed by atoms with Crippen LogP contribution in [0.2, 0.25) is 0 Å². The third-order valence-electron chi connectivity index (χ3n) is 4.06. The lowest BCUT2D eigenvalue weighted by molar-refractivity contribution is 0.549. The molecular formula is C18H30N6S. The average Bonchev–Trinajstić information content (AvgIpc) is 3.20. The van der Waals surface area contributed by atoms with Crippen LogP contribution < -0.4 is 10.6 Å². The standard InChI is InChI=1S/C18H30N6S/c1-14(2)7-5-10-19-18(20-11-9-16-8-6-12-25-16)21-13-17-23-22-15(3)24(17)4/h6,8,12,14H,5,7,9-11,13H2,1-4H3,(H2,19,20,21). The van der Waals surface area contributed by atoms with E-state index in [1.54, 1.807) is 11.3 Å². The Morgan fingerprint density at radius 3 is 2.72 bits per heavy atom. The van der Waals surface area contributed by atoms with E-state index in [1.165, 1.54) is 11.3 Å². The van der Waals surface area contributed by atoms with Crippen LogP contribution >= 0.6 is 11.3 Å². The van der Waals surface area contributed by atoms with E-state index in [2.05, 4.69) is 57.2 Å². The van der Waals surface area contributed by atoms with Crippen LogP contribution in [0.5, 0.6) is 0 Å². The number of guanidine groups is 1. The molecular weight excluding hydrogens is 332 g/mol. The van der Waals surface area contributed by atoms with Gasteiger partial charge in [-0.3, -0.25) is 0 Å². The van der Waals surface area contributed by atoms with Gasteiger partial charge in [-0.2, -0.15) is 0 Å². The van der Waals surface area contributed by atoms with E-state index in [4.69, 9.17) is 0 Å². The fourth-order valence-corrected chi connectivity index (χ4v) is 3.10. The van der Waals surface area contributed by atoms with Crippen LogP contribution in [-0.2, 0) is 20.0 Å². The predicted octanol–water partition coefficient (Wildman–Crippen LogP) is 2.90. The maximum absolute atomic E-state index is 4.68. The maximum Gasteiger partial charge on any atom is 0.191 e. The van der Waals surface area contributed by atoms with Crippen molar-refractivity contribution in [2.24, 2.45) is 18.0 Å². The molecule has 2 aromatic heterocycles. The van der Waals surface area contributed by atoms with Crippen molar-refractivity contribution in [1.82, 2.24) is 25.4 Å². The Morgan fingerprint density at radius 1 is 1.28 bits per heavy atom. The monoisotopic (exact) mass is 362 g/mol. The maximum atomic E-state index is 4.68. The molecule has 0 aromatic carbocycles. The van der Waals surface area contributed by atoms with Crippen molar-refractivity contribution >= 4 is 17.3 Å². The molecule has 7 heteroatoms. The predicted molar refractivity (Wildman–Crippen MR) is 105 cm³/mol. The number of nitrogens with one attached hydrogen (secondary N) is 2. The van der Waals surface area contributed by atoms with Crippen molar-refractivity contribution in [2.75, 3.05) is 13.1 Å². The van der Waals surface area contributed by atoms with Crippen LogP contribution in [0.25, 0.3) is 0 Å². The molecule has 2 N–H and O–H groups in total. The summed E-state index contributed by atoms with van der Waals surface area (Å²) >= 11 is 1.79. The Morgan fingerprint density at radius 2 is 2.08 bits per heavy atom. The second-order valence-corrected chi connectivity index (χ2v) is 7.64. The van der Waals surface area contributed by atoms with Gasteiger partial charge in [0.2, 0.25) is 0 Å². The summed E-state index contributed by atoms with van der Waals surface area (Å²) in [6, 6.07) is 4.26. The van der Waals surface area contributed by atoms with Gasteiger partial charge < -0.3 is 15.2 Å². The Bertz CT molecular complexity index is 645. The van der Waals surface area contributed by atoms with Crippen molar-refractivity contribution in [3.8, 4) is 0 Å². The third-order valence-corrected chi connectivity index (χ3v) is 4.99. The van der Waals surface area contributed by atoms with E-state index in [-0.39, 0.29) is 0 Å². The molecule has 2 aromatic rings. The van der Waals surface area contributed by atoms with Crippen LogP contribution in [0, 0.1) is 12.8 Å². The first-order valence-electron chi connectivity index (χ1n) is 8.95. The molecule has 138 valence electrons. The van der Waals surface area contributed by atoms with Gasteiger partial charge in [-0.05, 0) is 43.6 Å². The second-order valence-electron chi connectivity index (χ2n) is 6.61. The molecule has 0 saturated heterocycles. The fraction of sp³-hybridized carbons (Fsp3) is 0.611. The summed E-state index contributed by atoms with van der Waals surface area (Å²) in [6.45, 7) is 8.78. The first-order valence-corrected chi connectivity index (χ1v) is 9.83. The highest BCUT2D eigenvalue weighted by Gasteiger charge is 2.05. The molecule has 0 saturated carbocycles. The summed E-state index contributed by atoms with van der Waals surface area (Å²) in [5, 5.41) is 17.3. The number of aryl methyl sites for hydroxylation is 1. The van der Waals surface area contributed by atoms with E-state index in [0.29, 0.717) is 6.54 Å². The third kappa shape index (κ3) is 6.86. The summed E-state index contributed by atoms with van der Waals surface area (Å²) in [5.41, 5.74) is 0. The van der Waals surface area contributed by atoms with Crippen LogP contribution in [0.1, 0.15) is 43.2 Å². The lowest BCUT2D eigenvalue weighted by Crippen LogP contribution is -2.39. The zero-order chi connectivity index (χ0) is 18.1. The summed E-state index contributed by atoms with van der Waals surface area (Å²) in [4.78, 5) is 6.06. The smallest absolute Gasteiger partial charge is 0.191 e. The van der Waals surface area contributed by atoms with E-state index < -0.39 is 0 Å². The lowest BCUT2D eigenvalue weighted by atomic mass is 10.1. The molecule has 0 aliphatic carbocycles. The number of hydrogen-bond acceptors (Lipinski definition) is 4. The number of aliphatic imine (C=N–C) groups is 1. The summed E-state index contributed by atoms with van der Waals surface area (Å²) in [7, 11) is 1.97. The second kappa shape index (κ2) is 10.2. The molecule has 2 rings (SSSR count). The molecule has 25 heavy (non-hydrogen) atoms. The summed E-state index contributed by atoms with van der Waals surface area (Å²) in [5.74, 6) is 3.36. The highest BCUT2D eigenvalue weighted by Crippen LogP contribution is 2.08. The van der Waals surface area contributed by atoms with Crippen LogP contribution in [0.4, 0.5) is 0 Å². The van der Waals surface area contributed by atoms with Crippen molar-refractivity contribution in [3.63, 3.8) is 0 Å². The molecule has 6 nitrogen and oxygen atoms in total. The topological polar surface area (TPSA) is 67.1 Å². The number of hydrogen-bond donors (Lipinski definition) is 2. The zero-order valence-electron chi connectivity index (χ0n) is 15.7. The molecule has 0 fully saturated rings. The van der Waals surface area contributed by atoms with Gasteiger partial charge in [0.15, 0.2) is 11.8 Å². The molecule has 0 aliphatic heterocycles. The Balaban J connectivity index is 1.87. The van der Waals surface area contributed by atoms with E-state index in [0.717, 1.165) is 49.5 Å². The van der Waals surface area contributed by atoms with Gasteiger partial charge in [-0.1, -0.05) is 19.9 Å². The minimum Gasteiger partial charge on any atom is -0.356 e. The fourth-order valence-electron chi connectivity index (χ4n) is 2.39. The van der Waals surface area contributed by atoms with Gasteiger partial charge in [-0.15, -0.1) is 21.5 Å². The van der Waals surface area contributed by atoms with Gasteiger partial charge in [0.1, 0.15) is 12.4 Å². The zero-order valence-corrected chi connectivity index (χ0v) is 16.6. The molecule has 0 atom stereocenters. The number of aromatic nitrogens is 3. The van der Waals surface area contributed by atoms with Crippen molar-refractivity contribution in [2.45, 2.75) is 46.6 Å². The molecule has 0 amide bonds. The van der Waals surface area contributed by atoms with Gasteiger partial charge in [0.05, 0.1) is 0 Å². The highest BCUT2D eigenvalue weighted by molar-refractivity contribution is 7.09. The molecule has 0 aliphatic rings. The van der Waals surface area contributed by atoms with E-state index >= 15 is 0 Å². The average molecular weight is 363 g/mol. The highest BCUT2D eigenvalue weighted by atomic mass is 32.1. The number of thiophene rings is 1. The van der Waals surface area contributed by atoms with Crippen LogP contribution in [0.3, 0.4) is 0 Å². The molecule has 0 unspecified atom stereocenters. The lowest BCUT2D eigenvalue weighted by Gasteiger charge is -2.13. The molecule has 0 spiro atoms. The van der Waals surface area contributed by atoms with Gasteiger partial charge in [-0.25, -0.2) is 4.99 Å². The van der Waals surface area contributed by atoms with Crippen molar-refractivity contribution in [1.29, 1.82) is 0 Å². The van der Waals surface area contributed by atoms with Crippen molar-refractivity contribution in [3.05, 3.63) is 34.0 Å². The first-order chi connectivity index (χ1) is 12.1. The van der Waals surface area contributed by atoms with Crippen LogP contribution in [0.15, 0.2) is 22.5 Å². The number of nitrogens with zero attached hydrogens (tertiary/aromatic N) is 4. The quantitative estimate of drug-likeness (QED) is 0.409. The SMILES string of the molecule is Cc1nnc(CN=C(NCCCC(C)C)NCCc2cccs2)n1C. The molecule has 0 bridgehead atoms. The normalized spacial score (nSPS) is 12.0. The Kier molecular flexibility index (Phi) is 7.91. The molecule has 2 heterocycles. The van der Waals surface area contributed by atoms with Crippen LogP contribution in [-0.4, -0.2) is 33.8 Å². The van der Waals surface area contributed by atoms with Crippen molar-refractivity contribution < 1.29 is 0 Å². The molecule has 0 radical (unpaired) electrons. The first kappa shape index (κ1) is 19.4. The van der Waals surface area contributed by atoms with E-state index in [1.807, 2.05) is 18.5 Å². The minimum atomic E-state index is 0.524. The summed E-state index contributed by atoms with van der Waals surface area (Å²) < 4.78 is 1.98. The number of rotatable bonds is 9. The van der Waals surface area contributed by atoms with Gasteiger partial charge >= 0.3 is 0 Å².